The SMILES string of the molecule is COC(=O)N[C@H](C(=O)N1CCC[C@H]1c1nc2ccc(-c3ccc4c(=O)c5cc(-c6cnc([C@@H]7CCCN7C(=O)[C@H](NC(=O)OC)c7ccccc7)[nH]6)ccc5oc4c3)cc2[nH]1)C(C)C. The molecule has 4 N–H and O–H groups in total. The van der Waals surface area contributed by atoms with Gasteiger partial charge in [-0.15, -0.1) is 0 Å². The molecular weight excluding hydrogens is 817 g/mol. The Bertz CT molecular complexity index is 2980. The molecule has 2 aliphatic heterocycles. The number of rotatable bonds is 10. The highest BCUT2D eigenvalue weighted by Gasteiger charge is 2.39. The summed E-state index contributed by atoms with van der Waals surface area (Å²) in [6.07, 6.45) is 3.34. The summed E-state index contributed by atoms with van der Waals surface area (Å²) in [6.45, 7) is 4.82. The Balaban J connectivity index is 0.946. The number of likely N-dealkylation sites (tertiary alicyclic amines) is 2. The van der Waals surface area contributed by atoms with E-state index in [0.29, 0.717) is 64.4 Å². The fourth-order valence-corrected chi connectivity index (χ4v) is 9.00. The van der Waals surface area contributed by atoms with Gasteiger partial charge in [-0.25, -0.2) is 19.6 Å². The van der Waals surface area contributed by atoms with Gasteiger partial charge in [-0.05, 0) is 90.8 Å². The highest BCUT2D eigenvalue weighted by atomic mass is 16.5. The van der Waals surface area contributed by atoms with E-state index in [0.717, 1.165) is 47.0 Å². The first-order chi connectivity index (χ1) is 31.0. The van der Waals surface area contributed by atoms with Crippen LogP contribution < -0.4 is 16.1 Å². The average molecular weight is 865 g/mol. The maximum atomic E-state index is 14.0. The van der Waals surface area contributed by atoms with Gasteiger partial charge in [0.2, 0.25) is 11.3 Å². The summed E-state index contributed by atoms with van der Waals surface area (Å²) in [4.78, 5) is 85.9. The van der Waals surface area contributed by atoms with Crippen LogP contribution in [0.4, 0.5) is 9.59 Å². The standard InChI is InChI=1S/C48H48N8O8/c1-26(2)40(53-47(60)62-3)45(58)56-21-9-13-37(56)44-50-33-18-15-28(23-34(33)51-44)29-14-17-31-39(24-29)64-38-19-16-30(22-32(38)42(31)57)35-25-49-43(52-35)36-12-8-20-55(36)46(59)41(54-48(61)63-4)27-10-6-5-7-11-27/h5-7,10-11,14-19,22-26,36-37,40-41H,8-9,12-13,20-21H2,1-4H3,(H,49,52)(H,50,51)(H,53,60)(H,54,61)/t36-,37-,40-,41+/m0/s1. The number of nitrogens with zero attached hydrogens (tertiary/aromatic N) is 4. The predicted octanol–water partition coefficient (Wildman–Crippen LogP) is 7.68. The molecule has 0 aliphatic carbocycles. The second-order valence-electron chi connectivity index (χ2n) is 16.6. The van der Waals surface area contributed by atoms with Crippen molar-refractivity contribution in [1.29, 1.82) is 0 Å². The third-order valence-corrected chi connectivity index (χ3v) is 12.3. The Labute approximate surface area is 367 Å². The number of alkyl carbamates (subject to hydrolysis) is 2. The summed E-state index contributed by atoms with van der Waals surface area (Å²) in [6, 6.07) is 23.6. The van der Waals surface area contributed by atoms with Crippen LogP contribution in [0.15, 0.2) is 100 Å². The first-order valence-corrected chi connectivity index (χ1v) is 21.4. The number of benzene rings is 4. The zero-order chi connectivity index (χ0) is 44.6. The first-order valence-electron chi connectivity index (χ1n) is 21.4. The lowest BCUT2D eigenvalue weighted by atomic mass is 10.0. The van der Waals surface area contributed by atoms with Gasteiger partial charge in [0.05, 0.1) is 60.0 Å². The Kier molecular flexibility index (Phi) is 11.3. The van der Waals surface area contributed by atoms with Crippen LogP contribution in [0.3, 0.4) is 0 Å². The molecule has 16 nitrogen and oxygen atoms in total. The van der Waals surface area contributed by atoms with E-state index in [1.165, 1.54) is 14.2 Å². The van der Waals surface area contributed by atoms with Gasteiger partial charge in [-0.3, -0.25) is 14.4 Å². The van der Waals surface area contributed by atoms with Crippen molar-refractivity contribution >= 4 is 57.0 Å². The van der Waals surface area contributed by atoms with E-state index < -0.39 is 24.3 Å². The number of aromatic amines is 2. The number of amides is 4. The van der Waals surface area contributed by atoms with E-state index in [2.05, 4.69) is 25.6 Å². The van der Waals surface area contributed by atoms with Crippen LogP contribution in [-0.2, 0) is 19.1 Å². The van der Waals surface area contributed by atoms with Crippen molar-refractivity contribution in [2.24, 2.45) is 5.92 Å². The number of hydrogen-bond acceptors (Lipinski definition) is 10. The maximum Gasteiger partial charge on any atom is 0.407 e. The molecule has 4 aromatic carbocycles. The molecule has 5 heterocycles. The van der Waals surface area contributed by atoms with Gasteiger partial charge in [0.1, 0.15) is 34.9 Å². The quantitative estimate of drug-likeness (QED) is 0.0987. The monoisotopic (exact) mass is 864 g/mol. The number of ether oxygens (including phenoxy) is 2. The van der Waals surface area contributed by atoms with Crippen molar-refractivity contribution in [3.63, 3.8) is 0 Å². The average Bonchev–Trinajstić information content (AvgIpc) is 4.16. The van der Waals surface area contributed by atoms with Gasteiger partial charge in [-0.2, -0.15) is 0 Å². The minimum absolute atomic E-state index is 0.140. The van der Waals surface area contributed by atoms with E-state index in [1.54, 1.807) is 46.3 Å². The minimum Gasteiger partial charge on any atom is -0.456 e. The largest absolute Gasteiger partial charge is 0.456 e. The smallest absolute Gasteiger partial charge is 0.407 e. The molecule has 0 saturated carbocycles. The molecule has 9 rings (SSSR count). The Hall–Kier alpha value is -7.49. The molecule has 16 heteroatoms. The molecule has 4 atom stereocenters. The zero-order valence-corrected chi connectivity index (χ0v) is 35.8. The molecule has 2 aliphatic rings. The lowest BCUT2D eigenvalue weighted by Gasteiger charge is -2.29. The van der Waals surface area contributed by atoms with Crippen LogP contribution in [-0.4, -0.2) is 87.1 Å². The summed E-state index contributed by atoms with van der Waals surface area (Å²) in [5, 5.41) is 6.23. The number of nitrogens with one attached hydrogen (secondary N) is 4. The van der Waals surface area contributed by atoms with Crippen molar-refractivity contribution in [2.45, 2.75) is 63.7 Å². The summed E-state index contributed by atoms with van der Waals surface area (Å²) >= 11 is 0. The van der Waals surface area contributed by atoms with Crippen LogP contribution in [0, 0.1) is 5.92 Å². The third kappa shape index (κ3) is 7.91. The van der Waals surface area contributed by atoms with Gasteiger partial charge >= 0.3 is 12.2 Å². The number of imidazole rings is 2. The molecule has 0 radical (unpaired) electrons. The number of carbonyl (C=O) groups excluding carboxylic acids is 4. The molecular formula is C48H48N8O8. The number of carbonyl (C=O) groups is 4. The highest BCUT2D eigenvalue weighted by molar-refractivity contribution is 5.94. The zero-order valence-electron chi connectivity index (χ0n) is 35.8. The summed E-state index contributed by atoms with van der Waals surface area (Å²) in [5.41, 5.74) is 6.04. The highest BCUT2D eigenvalue weighted by Crippen LogP contribution is 2.36. The van der Waals surface area contributed by atoms with Crippen LogP contribution >= 0.6 is 0 Å². The molecule has 2 saturated heterocycles. The molecule has 0 unspecified atom stereocenters. The van der Waals surface area contributed by atoms with Crippen molar-refractivity contribution in [1.82, 2.24) is 40.4 Å². The fraction of sp³-hybridized carbons (Fsp3) is 0.312. The minimum atomic E-state index is -0.931. The van der Waals surface area contributed by atoms with Crippen molar-refractivity contribution in [2.75, 3.05) is 27.3 Å². The number of hydrogen-bond donors (Lipinski definition) is 4. The Morgan fingerprint density at radius 1 is 0.734 bits per heavy atom. The topological polar surface area (TPSA) is 205 Å². The number of aromatic nitrogens is 4. The molecule has 7 aromatic rings. The van der Waals surface area contributed by atoms with Gasteiger partial charge in [0, 0.05) is 18.7 Å². The number of H-pyrrole nitrogens is 2. The third-order valence-electron chi connectivity index (χ3n) is 12.3. The maximum absolute atomic E-state index is 14.0. The summed E-state index contributed by atoms with van der Waals surface area (Å²) in [7, 11) is 2.54. The Morgan fingerprint density at radius 2 is 1.41 bits per heavy atom. The normalized spacial score (nSPS) is 17.3. The van der Waals surface area contributed by atoms with Gasteiger partial charge in [0.15, 0.2) is 0 Å². The van der Waals surface area contributed by atoms with E-state index in [9.17, 15) is 24.0 Å². The molecule has 328 valence electrons. The number of methoxy groups -OCH3 is 2. The van der Waals surface area contributed by atoms with E-state index in [-0.39, 0.29) is 35.2 Å². The molecule has 0 bridgehead atoms. The molecule has 2 fully saturated rings. The van der Waals surface area contributed by atoms with E-state index >= 15 is 0 Å². The lowest BCUT2D eigenvalue weighted by Crippen LogP contribution is -2.51. The lowest BCUT2D eigenvalue weighted by molar-refractivity contribution is -0.135. The summed E-state index contributed by atoms with van der Waals surface area (Å²) in [5.74, 6) is 0.707. The molecule has 3 aromatic heterocycles. The van der Waals surface area contributed by atoms with E-state index in [4.69, 9.17) is 18.9 Å². The van der Waals surface area contributed by atoms with E-state index in [1.807, 2.05) is 68.4 Å². The summed E-state index contributed by atoms with van der Waals surface area (Å²) < 4.78 is 16.0. The van der Waals surface area contributed by atoms with Crippen molar-refractivity contribution in [3.8, 4) is 22.4 Å². The van der Waals surface area contributed by atoms with Crippen LogP contribution in [0.25, 0.3) is 55.4 Å². The Morgan fingerprint density at radius 3 is 2.14 bits per heavy atom. The van der Waals surface area contributed by atoms with Crippen LogP contribution in [0.1, 0.15) is 74.9 Å². The van der Waals surface area contributed by atoms with Gasteiger partial charge in [0.25, 0.3) is 5.91 Å². The van der Waals surface area contributed by atoms with Crippen molar-refractivity contribution < 1.29 is 33.1 Å². The molecule has 4 amide bonds. The second-order valence-corrected chi connectivity index (χ2v) is 16.6. The number of fused-ring (bicyclic) bond motifs is 3. The fourth-order valence-electron chi connectivity index (χ4n) is 9.00. The van der Waals surface area contributed by atoms with Gasteiger partial charge in [-0.1, -0.05) is 56.3 Å². The van der Waals surface area contributed by atoms with Crippen LogP contribution in [0.2, 0.25) is 0 Å². The first kappa shape index (κ1) is 41.8. The second kappa shape index (κ2) is 17.3. The van der Waals surface area contributed by atoms with Gasteiger partial charge < -0.3 is 44.3 Å². The molecule has 0 spiro atoms. The predicted molar refractivity (Wildman–Crippen MR) is 239 cm³/mol. The van der Waals surface area contributed by atoms with Crippen LogP contribution in [0.5, 0.6) is 0 Å². The molecule has 64 heavy (non-hydrogen) atoms. The van der Waals surface area contributed by atoms with Crippen molar-refractivity contribution in [3.05, 3.63) is 119 Å².